The van der Waals surface area contributed by atoms with E-state index in [9.17, 15) is 0 Å². The van der Waals surface area contributed by atoms with E-state index in [-0.39, 0.29) is 5.95 Å². The normalized spacial score (nSPS) is 9.86. The Labute approximate surface area is 82.9 Å². The molecule has 0 aliphatic carbocycles. The number of nitrogen functional groups attached to an aromatic ring is 1. The molecule has 1 heterocycles. The number of nitrogens with zero attached hydrogens (tertiary/aromatic N) is 2. The largest absolute Gasteiger partial charge is 0.383 e. The van der Waals surface area contributed by atoms with Crippen LogP contribution in [0.15, 0.2) is 6.07 Å². The van der Waals surface area contributed by atoms with Crippen LogP contribution in [-0.2, 0) is 4.74 Å². The number of hydrogen-bond donors (Lipinski definition) is 3. The SMILES string of the molecule is CNc1cc(NCCOC)nc(N)n1. The van der Waals surface area contributed by atoms with E-state index in [1.54, 1.807) is 20.2 Å². The average molecular weight is 197 g/mol. The van der Waals surface area contributed by atoms with Crippen LogP contribution in [0, 0.1) is 0 Å². The van der Waals surface area contributed by atoms with Gasteiger partial charge in [-0.1, -0.05) is 0 Å². The molecule has 1 rings (SSSR count). The van der Waals surface area contributed by atoms with Gasteiger partial charge >= 0.3 is 0 Å². The summed E-state index contributed by atoms with van der Waals surface area (Å²) in [6, 6.07) is 1.78. The number of nitrogens with one attached hydrogen (secondary N) is 2. The van der Waals surface area contributed by atoms with Gasteiger partial charge in [0, 0.05) is 26.8 Å². The lowest BCUT2D eigenvalue weighted by atomic mass is 10.5. The predicted octanol–water partition coefficient (Wildman–Crippen LogP) is 0.159. The third kappa shape index (κ3) is 3.06. The zero-order valence-corrected chi connectivity index (χ0v) is 8.37. The fraction of sp³-hybridized carbons (Fsp3) is 0.500. The first-order chi connectivity index (χ1) is 6.76. The Hall–Kier alpha value is -1.56. The van der Waals surface area contributed by atoms with E-state index in [0.29, 0.717) is 24.8 Å². The van der Waals surface area contributed by atoms with Gasteiger partial charge in [0.25, 0.3) is 0 Å². The second kappa shape index (κ2) is 5.23. The average Bonchev–Trinajstić information content (AvgIpc) is 2.17. The second-order valence-electron chi connectivity index (χ2n) is 2.67. The summed E-state index contributed by atoms with van der Waals surface area (Å²) in [6.45, 7) is 1.31. The highest BCUT2D eigenvalue weighted by atomic mass is 16.5. The van der Waals surface area contributed by atoms with Crippen molar-refractivity contribution in [2.45, 2.75) is 0 Å². The monoisotopic (exact) mass is 197 g/mol. The number of methoxy groups -OCH3 is 1. The van der Waals surface area contributed by atoms with Crippen LogP contribution in [0.5, 0.6) is 0 Å². The zero-order chi connectivity index (χ0) is 10.4. The molecule has 4 N–H and O–H groups in total. The molecule has 0 radical (unpaired) electrons. The van der Waals surface area contributed by atoms with Crippen molar-refractivity contribution in [2.24, 2.45) is 0 Å². The Morgan fingerprint density at radius 3 is 2.79 bits per heavy atom. The predicted molar refractivity (Wildman–Crippen MR) is 56.4 cm³/mol. The Morgan fingerprint density at radius 1 is 1.43 bits per heavy atom. The minimum atomic E-state index is 0.247. The van der Waals surface area contributed by atoms with Crippen molar-refractivity contribution in [2.75, 3.05) is 43.7 Å². The molecule has 6 heteroatoms. The molecule has 0 unspecified atom stereocenters. The number of aromatic nitrogens is 2. The summed E-state index contributed by atoms with van der Waals surface area (Å²) in [5.74, 6) is 1.63. The standard InChI is InChI=1S/C8H15N5O/c1-10-6-5-7(11-3-4-14-2)13-8(9)12-6/h5H,3-4H2,1-2H3,(H4,9,10,11,12,13). The maximum Gasteiger partial charge on any atom is 0.223 e. The molecule has 0 fully saturated rings. The number of hydrogen-bond acceptors (Lipinski definition) is 6. The van der Waals surface area contributed by atoms with Gasteiger partial charge in [0.1, 0.15) is 11.6 Å². The van der Waals surface area contributed by atoms with Gasteiger partial charge in [-0.05, 0) is 0 Å². The fourth-order valence-electron chi connectivity index (χ4n) is 0.966. The summed E-state index contributed by atoms with van der Waals surface area (Å²) in [4.78, 5) is 7.98. The van der Waals surface area contributed by atoms with Gasteiger partial charge in [-0.15, -0.1) is 0 Å². The van der Waals surface area contributed by atoms with Gasteiger partial charge in [0.2, 0.25) is 5.95 Å². The lowest BCUT2D eigenvalue weighted by Gasteiger charge is -2.07. The summed E-state index contributed by atoms with van der Waals surface area (Å²) < 4.78 is 4.90. The number of ether oxygens (including phenoxy) is 1. The molecule has 14 heavy (non-hydrogen) atoms. The first-order valence-corrected chi connectivity index (χ1v) is 4.31. The molecule has 1 aromatic heterocycles. The minimum Gasteiger partial charge on any atom is -0.383 e. The highest BCUT2D eigenvalue weighted by Gasteiger charge is 1.99. The van der Waals surface area contributed by atoms with E-state index in [2.05, 4.69) is 20.6 Å². The van der Waals surface area contributed by atoms with Crippen LogP contribution < -0.4 is 16.4 Å². The van der Waals surface area contributed by atoms with Crippen LogP contribution in [-0.4, -0.2) is 37.3 Å². The third-order valence-electron chi connectivity index (χ3n) is 1.61. The molecule has 0 aliphatic heterocycles. The molecule has 1 aromatic rings. The Balaban J connectivity index is 2.62. The molecule has 6 nitrogen and oxygen atoms in total. The van der Waals surface area contributed by atoms with Crippen LogP contribution >= 0.6 is 0 Å². The van der Waals surface area contributed by atoms with E-state index < -0.39 is 0 Å². The molecule has 0 saturated heterocycles. The minimum absolute atomic E-state index is 0.247. The summed E-state index contributed by atoms with van der Waals surface area (Å²) in [5.41, 5.74) is 5.51. The molecule has 0 atom stereocenters. The van der Waals surface area contributed by atoms with Crippen LogP contribution in [0.2, 0.25) is 0 Å². The second-order valence-corrected chi connectivity index (χ2v) is 2.67. The first kappa shape index (κ1) is 10.5. The van der Waals surface area contributed by atoms with Crippen molar-refractivity contribution in [3.05, 3.63) is 6.07 Å². The smallest absolute Gasteiger partial charge is 0.223 e. The van der Waals surface area contributed by atoms with E-state index >= 15 is 0 Å². The number of anilines is 3. The molecule has 78 valence electrons. The van der Waals surface area contributed by atoms with Crippen molar-refractivity contribution in [3.8, 4) is 0 Å². The van der Waals surface area contributed by atoms with Gasteiger partial charge in [0.15, 0.2) is 0 Å². The summed E-state index contributed by atoms with van der Waals surface area (Å²) in [7, 11) is 3.43. The maximum absolute atomic E-state index is 5.51. The van der Waals surface area contributed by atoms with Gasteiger partial charge in [-0.3, -0.25) is 0 Å². The Kier molecular flexibility index (Phi) is 3.93. The van der Waals surface area contributed by atoms with Gasteiger partial charge in [0.05, 0.1) is 6.61 Å². The molecule has 0 amide bonds. The van der Waals surface area contributed by atoms with E-state index in [1.165, 1.54) is 0 Å². The molecule has 0 aliphatic rings. The lowest BCUT2D eigenvalue weighted by molar-refractivity contribution is 0.210. The summed E-state index contributed by atoms with van der Waals surface area (Å²) in [6.07, 6.45) is 0. The maximum atomic E-state index is 5.51. The quantitative estimate of drug-likeness (QED) is 0.583. The van der Waals surface area contributed by atoms with Gasteiger partial charge in [-0.2, -0.15) is 9.97 Å². The van der Waals surface area contributed by atoms with E-state index in [1.807, 2.05) is 0 Å². The highest BCUT2D eigenvalue weighted by molar-refractivity contribution is 5.50. The molecule has 0 bridgehead atoms. The lowest BCUT2D eigenvalue weighted by Crippen LogP contribution is -2.10. The summed E-state index contributed by atoms with van der Waals surface area (Å²) in [5, 5.41) is 5.96. The summed E-state index contributed by atoms with van der Waals surface area (Å²) >= 11 is 0. The zero-order valence-electron chi connectivity index (χ0n) is 8.37. The molecular weight excluding hydrogens is 182 g/mol. The van der Waals surface area contributed by atoms with Crippen molar-refractivity contribution in [3.63, 3.8) is 0 Å². The van der Waals surface area contributed by atoms with Gasteiger partial charge < -0.3 is 21.1 Å². The topological polar surface area (TPSA) is 85.1 Å². The first-order valence-electron chi connectivity index (χ1n) is 4.31. The van der Waals surface area contributed by atoms with Crippen molar-refractivity contribution in [1.82, 2.24) is 9.97 Å². The highest BCUT2D eigenvalue weighted by Crippen LogP contribution is 2.10. The van der Waals surface area contributed by atoms with Crippen LogP contribution in [0.25, 0.3) is 0 Å². The van der Waals surface area contributed by atoms with E-state index in [4.69, 9.17) is 10.5 Å². The van der Waals surface area contributed by atoms with Crippen molar-refractivity contribution >= 4 is 17.6 Å². The van der Waals surface area contributed by atoms with E-state index in [0.717, 1.165) is 0 Å². The van der Waals surface area contributed by atoms with Gasteiger partial charge in [-0.25, -0.2) is 0 Å². The molecule has 0 spiro atoms. The molecule has 0 aromatic carbocycles. The fourth-order valence-corrected chi connectivity index (χ4v) is 0.966. The number of nitrogens with two attached hydrogens (primary N) is 1. The van der Waals surface area contributed by atoms with Crippen molar-refractivity contribution < 1.29 is 4.74 Å². The Morgan fingerprint density at radius 2 is 2.14 bits per heavy atom. The Bertz CT molecular complexity index is 291. The van der Waals surface area contributed by atoms with Crippen LogP contribution in [0.4, 0.5) is 17.6 Å². The van der Waals surface area contributed by atoms with Crippen LogP contribution in [0.3, 0.4) is 0 Å². The number of rotatable bonds is 5. The van der Waals surface area contributed by atoms with Crippen LogP contribution in [0.1, 0.15) is 0 Å². The van der Waals surface area contributed by atoms with Crippen molar-refractivity contribution in [1.29, 1.82) is 0 Å². The molecule has 0 saturated carbocycles. The molecular formula is C8H15N5O. The third-order valence-corrected chi connectivity index (χ3v) is 1.61.